The summed E-state index contributed by atoms with van der Waals surface area (Å²) in [7, 11) is 4.73. The number of carbonyl (C=O) groups is 2. The molecule has 2 aromatic rings. The fourth-order valence-electron chi connectivity index (χ4n) is 7.38. The number of hydrogen-bond donors (Lipinski definition) is 4. The second kappa shape index (κ2) is 18.4. The van der Waals surface area contributed by atoms with Gasteiger partial charge in [-0.1, -0.05) is 49.6 Å². The van der Waals surface area contributed by atoms with Crippen molar-refractivity contribution in [2.45, 2.75) is 102 Å². The number of nitrogens with zero attached hydrogens (tertiary/aromatic N) is 1. The molecule has 0 spiro atoms. The third-order valence-corrected chi connectivity index (χ3v) is 10.1. The van der Waals surface area contributed by atoms with Crippen LogP contribution in [0.4, 0.5) is 0 Å². The lowest BCUT2D eigenvalue weighted by Crippen LogP contribution is -2.56. The summed E-state index contributed by atoms with van der Waals surface area (Å²) in [5, 5.41) is 27.9. The summed E-state index contributed by atoms with van der Waals surface area (Å²) >= 11 is 0. The molecule has 0 aromatic heterocycles. The van der Waals surface area contributed by atoms with E-state index in [9.17, 15) is 19.8 Å². The molecular formula is C37H55N3O7. The molecule has 2 fully saturated rings. The van der Waals surface area contributed by atoms with Crippen molar-refractivity contribution >= 4 is 11.8 Å². The summed E-state index contributed by atoms with van der Waals surface area (Å²) in [4.78, 5) is 28.3. The van der Waals surface area contributed by atoms with Crippen LogP contribution in [-0.4, -0.2) is 85.8 Å². The summed E-state index contributed by atoms with van der Waals surface area (Å²) in [5.41, 5.74) is 2.17. The molecule has 1 aliphatic carbocycles. The predicted molar refractivity (Wildman–Crippen MR) is 181 cm³/mol. The number of likely N-dealkylation sites (tertiary alicyclic amines) is 1. The van der Waals surface area contributed by atoms with Crippen molar-refractivity contribution in [1.82, 2.24) is 15.5 Å². The fraction of sp³-hybridized carbons (Fsp3) is 0.622. The zero-order valence-corrected chi connectivity index (χ0v) is 28.5. The van der Waals surface area contributed by atoms with Crippen molar-refractivity contribution in [2.75, 3.05) is 34.4 Å². The standard InChI is InChI=1S/C37H55N3O7/c1-25(35(42)34(28-14-9-6-10-15-28)38-23-26-20-30(45-2)22-31(21-26)46-3)39-36(43)37(44)40-19-18-29(24-40)32(16-11-17-33(41)47-4)27-12-7-5-8-13-27/h5,7-8,12-13,20-22,25,28-29,32-35,38,41-42H,6,9-11,14-19,23-24H2,1-4H3,(H,39,43)/t25-,29?,32?,33?,34?,35+/m0/s1. The third-order valence-electron chi connectivity index (χ3n) is 10.1. The molecule has 260 valence electrons. The molecule has 6 atom stereocenters. The average molecular weight is 654 g/mol. The Kier molecular flexibility index (Phi) is 14.3. The minimum Gasteiger partial charge on any atom is -0.497 e. The molecular weight excluding hydrogens is 598 g/mol. The first-order valence-electron chi connectivity index (χ1n) is 17.2. The van der Waals surface area contributed by atoms with Crippen LogP contribution in [-0.2, 0) is 20.9 Å². The van der Waals surface area contributed by atoms with Crippen LogP contribution in [0.25, 0.3) is 0 Å². The lowest BCUT2D eigenvalue weighted by Gasteiger charge is -2.37. The number of aliphatic hydroxyl groups excluding tert-OH is 2. The number of amides is 2. The van der Waals surface area contributed by atoms with Gasteiger partial charge in [0.1, 0.15) is 11.5 Å². The Bertz CT molecular complexity index is 1230. The Morgan fingerprint density at radius 2 is 1.60 bits per heavy atom. The highest BCUT2D eigenvalue weighted by Gasteiger charge is 2.37. The van der Waals surface area contributed by atoms with Crippen molar-refractivity contribution in [1.29, 1.82) is 0 Å². The zero-order valence-electron chi connectivity index (χ0n) is 28.5. The van der Waals surface area contributed by atoms with E-state index in [0.717, 1.165) is 50.5 Å². The van der Waals surface area contributed by atoms with E-state index in [1.807, 2.05) is 36.4 Å². The van der Waals surface area contributed by atoms with E-state index in [2.05, 4.69) is 22.8 Å². The van der Waals surface area contributed by atoms with Gasteiger partial charge in [0.25, 0.3) is 0 Å². The first kappa shape index (κ1) is 36.7. The van der Waals surface area contributed by atoms with Gasteiger partial charge in [-0.25, -0.2) is 0 Å². The van der Waals surface area contributed by atoms with E-state index < -0.39 is 30.3 Å². The van der Waals surface area contributed by atoms with Crippen LogP contribution in [0.1, 0.15) is 81.8 Å². The fourth-order valence-corrected chi connectivity index (χ4v) is 7.38. The first-order chi connectivity index (χ1) is 22.7. The van der Waals surface area contributed by atoms with Crippen LogP contribution in [0.15, 0.2) is 48.5 Å². The number of carbonyl (C=O) groups excluding carboxylic acids is 2. The van der Waals surface area contributed by atoms with Crippen molar-refractivity contribution in [3.8, 4) is 11.5 Å². The van der Waals surface area contributed by atoms with E-state index >= 15 is 0 Å². The van der Waals surface area contributed by atoms with Crippen LogP contribution in [0.3, 0.4) is 0 Å². The normalized spacial score (nSPS) is 20.2. The van der Waals surface area contributed by atoms with Gasteiger partial charge in [-0.05, 0) is 86.5 Å². The molecule has 0 radical (unpaired) electrons. The quantitative estimate of drug-likeness (QED) is 0.155. The Hall–Kier alpha value is -3.18. The second-order valence-electron chi connectivity index (χ2n) is 13.2. The van der Waals surface area contributed by atoms with E-state index in [4.69, 9.17) is 14.2 Å². The molecule has 4 unspecified atom stereocenters. The Labute approximate surface area is 280 Å². The van der Waals surface area contributed by atoms with Gasteiger partial charge in [0.05, 0.1) is 26.4 Å². The van der Waals surface area contributed by atoms with Gasteiger partial charge in [0, 0.05) is 38.9 Å². The monoisotopic (exact) mass is 653 g/mol. The molecule has 47 heavy (non-hydrogen) atoms. The third kappa shape index (κ3) is 10.4. The summed E-state index contributed by atoms with van der Waals surface area (Å²) in [6, 6.07) is 15.1. The largest absolute Gasteiger partial charge is 0.497 e. The maximum Gasteiger partial charge on any atom is 0.311 e. The molecule has 4 rings (SSSR count). The number of ether oxygens (including phenoxy) is 3. The average Bonchev–Trinajstić information content (AvgIpc) is 3.60. The number of hydrogen-bond acceptors (Lipinski definition) is 8. The molecule has 1 heterocycles. The van der Waals surface area contributed by atoms with Gasteiger partial charge < -0.3 is 40.0 Å². The van der Waals surface area contributed by atoms with Crippen molar-refractivity contribution in [2.24, 2.45) is 11.8 Å². The molecule has 10 heteroatoms. The van der Waals surface area contributed by atoms with E-state index in [0.29, 0.717) is 37.6 Å². The van der Waals surface area contributed by atoms with Crippen molar-refractivity contribution in [3.05, 3.63) is 59.7 Å². The zero-order chi connectivity index (χ0) is 33.8. The van der Waals surface area contributed by atoms with Crippen LogP contribution in [0, 0.1) is 11.8 Å². The number of methoxy groups -OCH3 is 3. The molecule has 2 amide bonds. The number of rotatable bonds is 16. The minimum atomic E-state index is -0.890. The Balaban J connectivity index is 1.37. The number of nitrogens with one attached hydrogen (secondary N) is 2. The molecule has 1 aliphatic heterocycles. The van der Waals surface area contributed by atoms with Gasteiger partial charge in [-0.15, -0.1) is 0 Å². The van der Waals surface area contributed by atoms with Crippen LogP contribution in [0.2, 0.25) is 0 Å². The van der Waals surface area contributed by atoms with Crippen LogP contribution < -0.4 is 20.1 Å². The molecule has 2 aromatic carbocycles. The highest BCUT2D eigenvalue weighted by atomic mass is 16.6. The second-order valence-corrected chi connectivity index (χ2v) is 13.2. The summed E-state index contributed by atoms with van der Waals surface area (Å²) in [6.07, 6.45) is 6.70. The summed E-state index contributed by atoms with van der Waals surface area (Å²) in [5.74, 6) is 0.801. The molecule has 1 saturated carbocycles. The molecule has 0 bridgehead atoms. The first-order valence-corrected chi connectivity index (χ1v) is 17.2. The predicted octanol–water partition coefficient (Wildman–Crippen LogP) is 4.38. The Morgan fingerprint density at radius 1 is 0.915 bits per heavy atom. The maximum absolute atomic E-state index is 13.4. The molecule has 2 aliphatic rings. The smallest absolute Gasteiger partial charge is 0.311 e. The number of benzene rings is 2. The van der Waals surface area contributed by atoms with E-state index in [1.54, 1.807) is 26.0 Å². The lowest BCUT2D eigenvalue weighted by molar-refractivity contribution is -0.146. The van der Waals surface area contributed by atoms with Crippen molar-refractivity contribution < 1.29 is 34.0 Å². The Morgan fingerprint density at radius 3 is 2.23 bits per heavy atom. The SMILES string of the molecule is COc1cc(CNC(C2CCCCC2)[C@H](O)[C@H](C)NC(=O)C(=O)N2CCC(C(CCCC(O)OC)c3ccccc3)C2)cc(OC)c1. The van der Waals surface area contributed by atoms with Crippen LogP contribution >= 0.6 is 0 Å². The van der Waals surface area contributed by atoms with E-state index in [1.165, 1.54) is 19.1 Å². The van der Waals surface area contributed by atoms with Gasteiger partial charge in [0.2, 0.25) is 0 Å². The molecule has 10 nitrogen and oxygen atoms in total. The highest BCUT2D eigenvalue weighted by Crippen LogP contribution is 2.36. The van der Waals surface area contributed by atoms with E-state index in [-0.39, 0.29) is 23.8 Å². The lowest BCUT2D eigenvalue weighted by atomic mass is 9.80. The van der Waals surface area contributed by atoms with Crippen molar-refractivity contribution in [3.63, 3.8) is 0 Å². The van der Waals surface area contributed by atoms with Gasteiger partial charge >= 0.3 is 11.8 Å². The number of aliphatic hydroxyl groups is 2. The van der Waals surface area contributed by atoms with Gasteiger partial charge in [-0.3, -0.25) is 9.59 Å². The molecule has 1 saturated heterocycles. The summed E-state index contributed by atoms with van der Waals surface area (Å²) < 4.78 is 15.9. The summed E-state index contributed by atoms with van der Waals surface area (Å²) in [6.45, 7) is 3.27. The minimum absolute atomic E-state index is 0.201. The molecule has 4 N–H and O–H groups in total. The highest BCUT2D eigenvalue weighted by molar-refractivity contribution is 6.35. The van der Waals surface area contributed by atoms with Gasteiger partial charge in [-0.2, -0.15) is 0 Å². The topological polar surface area (TPSA) is 130 Å². The van der Waals surface area contributed by atoms with Crippen LogP contribution in [0.5, 0.6) is 11.5 Å². The van der Waals surface area contributed by atoms with Gasteiger partial charge in [0.15, 0.2) is 6.29 Å². The maximum atomic E-state index is 13.4.